The van der Waals surface area contributed by atoms with E-state index in [1.165, 1.54) is 0 Å². The van der Waals surface area contributed by atoms with E-state index in [2.05, 4.69) is 10.6 Å². The van der Waals surface area contributed by atoms with E-state index in [1.807, 2.05) is 13.8 Å². The first-order valence-electron chi connectivity index (χ1n) is 4.89. The van der Waals surface area contributed by atoms with Crippen molar-refractivity contribution in [1.29, 1.82) is 0 Å². The molecule has 4 heteroatoms. The number of nitrogens with two attached hydrogens (primary N) is 1. The Morgan fingerprint density at radius 2 is 2.46 bits per heavy atom. The quantitative estimate of drug-likeness (QED) is 0.552. The monoisotopic (exact) mass is 185 g/mol. The zero-order valence-electron chi connectivity index (χ0n) is 8.34. The summed E-state index contributed by atoms with van der Waals surface area (Å²) >= 11 is 0. The molecule has 1 saturated heterocycles. The number of nitrogens with one attached hydrogen (secondary N) is 2. The van der Waals surface area contributed by atoms with Crippen LogP contribution in [0.3, 0.4) is 0 Å². The maximum absolute atomic E-state index is 11.6. The van der Waals surface area contributed by atoms with Gasteiger partial charge >= 0.3 is 0 Å². The Morgan fingerprint density at radius 3 is 2.92 bits per heavy atom. The lowest BCUT2D eigenvalue weighted by atomic mass is 10.0. The average molecular weight is 185 g/mol. The fourth-order valence-electron chi connectivity index (χ4n) is 1.63. The van der Waals surface area contributed by atoms with Gasteiger partial charge in [0.1, 0.15) is 0 Å². The van der Waals surface area contributed by atoms with E-state index >= 15 is 0 Å². The van der Waals surface area contributed by atoms with Gasteiger partial charge in [0.15, 0.2) is 0 Å². The molecule has 0 aromatic rings. The molecule has 0 radical (unpaired) electrons. The fourth-order valence-corrected chi connectivity index (χ4v) is 1.63. The van der Waals surface area contributed by atoms with Crippen molar-refractivity contribution in [2.24, 2.45) is 11.7 Å². The van der Waals surface area contributed by atoms with Crippen molar-refractivity contribution >= 4 is 5.91 Å². The summed E-state index contributed by atoms with van der Waals surface area (Å²) in [5, 5.41) is 6.15. The van der Waals surface area contributed by atoms with Crippen molar-refractivity contribution in [2.75, 3.05) is 13.1 Å². The smallest absolute Gasteiger partial charge is 0.224 e. The van der Waals surface area contributed by atoms with Crippen molar-refractivity contribution in [2.45, 2.75) is 32.4 Å². The number of carbonyl (C=O) groups is 1. The molecular formula is C9H19N3O. The number of hydrogen-bond donors (Lipinski definition) is 3. The first-order chi connectivity index (χ1) is 6.15. The van der Waals surface area contributed by atoms with Crippen LogP contribution in [0.4, 0.5) is 0 Å². The second kappa shape index (κ2) is 4.58. The van der Waals surface area contributed by atoms with E-state index in [9.17, 15) is 4.79 Å². The van der Waals surface area contributed by atoms with Crippen LogP contribution in [-0.2, 0) is 4.79 Å². The van der Waals surface area contributed by atoms with Gasteiger partial charge in [-0.05, 0) is 26.8 Å². The van der Waals surface area contributed by atoms with Crippen molar-refractivity contribution in [1.82, 2.24) is 10.6 Å². The van der Waals surface area contributed by atoms with E-state index < -0.39 is 0 Å². The highest BCUT2D eigenvalue weighted by Gasteiger charge is 2.29. The van der Waals surface area contributed by atoms with Gasteiger partial charge in [-0.2, -0.15) is 0 Å². The Kier molecular flexibility index (Phi) is 3.69. The van der Waals surface area contributed by atoms with Crippen LogP contribution in [0, 0.1) is 5.92 Å². The average Bonchev–Trinajstić information content (AvgIpc) is 2.51. The lowest BCUT2D eigenvalue weighted by molar-refractivity contribution is -0.125. The summed E-state index contributed by atoms with van der Waals surface area (Å²) in [6, 6.07) is 0.380. The van der Waals surface area contributed by atoms with Crippen LogP contribution in [0.1, 0.15) is 20.3 Å². The minimum atomic E-state index is 0.0836. The highest BCUT2D eigenvalue weighted by atomic mass is 16.2. The molecule has 0 saturated carbocycles. The van der Waals surface area contributed by atoms with Crippen LogP contribution in [0.25, 0.3) is 0 Å². The van der Waals surface area contributed by atoms with E-state index in [0.29, 0.717) is 12.6 Å². The number of hydrogen-bond acceptors (Lipinski definition) is 3. The van der Waals surface area contributed by atoms with Crippen molar-refractivity contribution in [3.8, 4) is 0 Å². The van der Waals surface area contributed by atoms with Gasteiger partial charge in [-0.15, -0.1) is 0 Å². The molecule has 13 heavy (non-hydrogen) atoms. The summed E-state index contributed by atoms with van der Waals surface area (Å²) < 4.78 is 0. The Balaban J connectivity index is 2.38. The molecule has 0 spiro atoms. The second-order valence-corrected chi connectivity index (χ2v) is 3.78. The zero-order chi connectivity index (χ0) is 9.84. The van der Waals surface area contributed by atoms with Gasteiger partial charge in [-0.3, -0.25) is 4.79 Å². The fraction of sp³-hybridized carbons (Fsp3) is 0.889. The molecule has 4 nitrogen and oxygen atoms in total. The molecule has 1 rings (SSSR count). The number of rotatable bonds is 3. The molecular weight excluding hydrogens is 166 g/mol. The minimum Gasteiger partial charge on any atom is -0.352 e. The molecule has 1 heterocycles. The van der Waals surface area contributed by atoms with E-state index in [-0.39, 0.29) is 17.9 Å². The summed E-state index contributed by atoms with van der Waals surface area (Å²) in [6.45, 7) is 5.41. The molecule has 2 unspecified atom stereocenters. The topological polar surface area (TPSA) is 67.2 Å². The maximum Gasteiger partial charge on any atom is 0.224 e. The third-order valence-electron chi connectivity index (χ3n) is 2.60. The molecule has 1 amide bonds. The van der Waals surface area contributed by atoms with Gasteiger partial charge < -0.3 is 16.4 Å². The third-order valence-corrected chi connectivity index (χ3v) is 2.60. The minimum absolute atomic E-state index is 0.0836. The molecule has 1 aliphatic rings. The Hall–Kier alpha value is -0.610. The van der Waals surface area contributed by atoms with Crippen LogP contribution in [0.2, 0.25) is 0 Å². The van der Waals surface area contributed by atoms with Crippen LogP contribution in [-0.4, -0.2) is 31.1 Å². The van der Waals surface area contributed by atoms with Crippen molar-refractivity contribution in [3.63, 3.8) is 0 Å². The first kappa shape index (κ1) is 10.5. The van der Waals surface area contributed by atoms with Gasteiger partial charge in [0.2, 0.25) is 5.91 Å². The summed E-state index contributed by atoms with van der Waals surface area (Å²) in [5.41, 5.74) is 5.42. The van der Waals surface area contributed by atoms with Crippen LogP contribution >= 0.6 is 0 Å². The Morgan fingerprint density at radius 1 is 1.77 bits per heavy atom. The van der Waals surface area contributed by atoms with Gasteiger partial charge in [-0.1, -0.05) is 0 Å². The first-order valence-corrected chi connectivity index (χ1v) is 4.89. The van der Waals surface area contributed by atoms with Crippen molar-refractivity contribution < 1.29 is 4.79 Å². The van der Waals surface area contributed by atoms with Crippen LogP contribution in [0.15, 0.2) is 0 Å². The van der Waals surface area contributed by atoms with E-state index in [0.717, 1.165) is 13.0 Å². The normalized spacial score (nSPS) is 30.1. The Bertz CT molecular complexity index is 184. The molecule has 3 atom stereocenters. The molecule has 1 aliphatic heterocycles. The molecule has 1 fully saturated rings. The van der Waals surface area contributed by atoms with Gasteiger partial charge in [0.05, 0.1) is 5.92 Å². The number of amides is 1. The van der Waals surface area contributed by atoms with E-state index in [4.69, 9.17) is 5.73 Å². The summed E-state index contributed by atoms with van der Waals surface area (Å²) in [6.07, 6.45) is 0.935. The summed E-state index contributed by atoms with van der Waals surface area (Å²) in [7, 11) is 0. The van der Waals surface area contributed by atoms with Crippen LogP contribution in [0.5, 0.6) is 0 Å². The number of carbonyl (C=O) groups excluding carboxylic acids is 1. The molecule has 0 bridgehead atoms. The maximum atomic E-state index is 11.6. The highest BCUT2D eigenvalue weighted by Crippen LogP contribution is 2.14. The van der Waals surface area contributed by atoms with Crippen LogP contribution < -0.4 is 16.4 Å². The molecule has 4 N–H and O–H groups in total. The van der Waals surface area contributed by atoms with Crippen molar-refractivity contribution in [3.05, 3.63) is 0 Å². The molecule has 0 aliphatic carbocycles. The molecule has 76 valence electrons. The van der Waals surface area contributed by atoms with Gasteiger partial charge in [-0.25, -0.2) is 0 Å². The van der Waals surface area contributed by atoms with E-state index in [1.54, 1.807) is 0 Å². The second-order valence-electron chi connectivity index (χ2n) is 3.78. The predicted molar refractivity (Wildman–Crippen MR) is 52.2 cm³/mol. The largest absolute Gasteiger partial charge is 0.352 e. The SMILES string of the molecule is CC1NCCC1C(=O)N[C@@H](C)CN. The zero-order valence-corrected chi connectivity index (χ0v) is 8.34. The summed E-state index contributed by atoms with van der Waals surface area (Å²) in [4.78, 5) is 11.6. The third kappa shape index (κ3) is 2.67. The molecule has 0 aromatic heterocycles. The standard InChI is InChI=1S/C9H19N3O/c1-6(5-10)12-9(13)8-3-4-11-7(8)2/h6-8,11H,3-5,10H2,1-2H3,(H,12,13)/t6-,7?,8?/m0/s1. The lowest BCUT2D eigenvalue weighted by Crippen LogP contribution is -2.43. The Labute approximate surface area is 79.3 Å². The van der Waals surface area contributed by atoms with Gasteiger partial charge in [0.25, 0.3) is 0 Å². The lowest BCUT2D eigenvalue weighted by Gasteiger charge is -2.18. The van der Waals surface area contributed by atoms with Gasteiger partial charge in [0, 0.05) is 18.6 Å². The predicted octanol–water partition coefficient (Wildman–Crippen LogP) is -0.552. The molecule has 0 aromatic carbocycles. The summed E-state index contributed by atoms with van der Waals surface area (Å²) in [5.74, 6) is 0.254. The highest BCUT2D eigenvalue weighted by molar-refractivity contribution is 5.80.